The summed E-state index contributed by atoms with van der Waals surface area (Å²) in [6.45, 7) is 4.58. The second-order valence-electron chi connectivity index (χ2n) is 5.07. The molecule has 2 rings (SSSR count). The summed E-state index contributed by atoms with van der Waals surface area (Å²) in [4.78, 5) is 14.3. The van der Waals surface area contributed by atoms with Crippen LogP contribution in [0.4, 0.5) is 0 Å². The molecule has 2 aliphatic rings. The molecule has 2 N–H and O–H groups in total. The lowest BCUT2D eigenvalue weighted by Crippen LogP contribution is -2.52. The number of likely N-dealkylation sites (tertiary alicyclic amines) is 1. The van der Waals surface area contributed by atoms with Crippen molar-refractivity contribution in [3.05, 3.63) is 0 Å². The lowest BCUT2D eigenvalue weighted by atomic mass is 9.78. The topological polar surface area (TPSA) is 64.8 Å². The van der Waals surface area contributed by atoms with Gasteiger partial charge in [-0.1, -0.05) is 0 Å². The van der Waals surface area contributed by atoms with Crippen molar-refractivity contribution >= 4 is 5.97 Å². The number of carbonyl (C=O) groups is 1. The lowest BCUT2D eigenvalue weighted by molar-refractivity contribution is -0.157. The minimum atomic E-state index is -0.377. The molecule has 2 saturated heterocycles. The summed E-state index contributed by atoms with van der Waals surface area (Å²) in [5.74, 6) is -0.488. The molecular weight excluding hydrogens is 220 g/mol. The fourth-order valence-electron chi connectivity index (χ4n) is 2.91. The van der Waals surface area contributed by atoms with Crippen LogP contribution in [-0.4, -0.2) is 55.9 Å². The van der Waals surface area contributed by atoms with Gasteiger partial charge in [0.15, 0.2) is 0 Å². The van der Waals surface area contributed by atoms with Gasteiger partial charge in [0.05, 0.1) is 18.8 Å². The minimum Gasteiger partial charge on any atom is -0.466 e. The Bertz CT molecular complexity index is 287. The molecule has 0 aromatic heterocycles. The van der Waals surface area contributed by atoms with E-state index in [4.69, 9.17) is 15.2 Å². The molecule has 0 bridgehead atoms. The monoisotopic (exact) mass is 242 g/mol. The molecule has 2 atom stereocenters. The molecule has 0 saturated carbocycles. The molecule has 5 heteroatoms. The van der Waals surface area contributed by atoms with Gasteiger partial charge in [-0.2, -0.15) is 0 Å². The molecular formula is C12H22N2O3. The number of nitrogens with zero attached hydrogens (tertiary/aromatic N) is 1. The van der Waals surface area contributed by atoms with Crippen LogP contribution in [-0.2, 0) is 14.3 Å². The number of esters is 1. The summed E-state index contributed by atoms with van der Waals surface area (Å²) in [5.41, 5.74) is 5.63. The average molecular weight is 242 g/mol. The van der Waals surface area contributed by atoms with Gasteiger partial charge in [-0.15, -0.1) is 0 Å². The van der Waals surface area contributed by atoms with E-state index >= 15 is 0 Å². The van der Waals surface area contributed by atoms with E-state index < -0.39 is 0 Å². The molecule has 2 unspecified atom stereocenters. The van der Waals surface area contributed by atoms with E-state index in [0.717, 1.165) is 25.9 Å². The van der Waals surface area contributed by atoms with E-state index in [0.29, 0.717) is 13.2 Å². The maximum atomic E-state index is 12.0. The van der Waals surface area contributed by atoms with Crippen molar-refractivity contribution in [2.24, 2.45) is 11.7 Å². The summed E-state index contributed by atoms with van der Waals surface area (Å²) < 4.78 is 11.0. The second kappa shape index (κ2) is 4.92. The molecule has 0 amide bonds. The predicted molar refractivity (Wildman–Crippen MR) is 63.5 cm³/mol. The Morgan fingerprint density at radius 2 is 2.18 bits per heavy atom. The minimum absolute atomic E-state index is 0.193. The first-order chi connectivity index (χ1) is 8.09. The van der Waals surface area contributed by atoms with Gasteiger partial charge in [-0.25, -0.2) is 0 Å². The van der Waals surface area contributed by atoms with Gasteiger partial charge in [0.2, 0.25) is 0 Å². The summed E-state index contributed by atoms with van der Waals surface area (Å²) in [6.07, 6.45) is 1.72. The highest BCUT2D eigenvalue weighted by molar-refractivity contribution is 5.75. The highest BCUT2D eigenvalue weighted by Crippen LogP contribution is 2.40. The fraction of sp³-hybridized carbons (Fsp3) is 0.917. The zero-order valence-electron chi connectivity index (χ0n) is 10.6. The molecule has 2 heterocycles. The van der Waals surface area contributed by atoms with Gasteiger partial charge in [0, 0.05) is 19.1 Å². The maximum Gasteiger partial charge on any atom is 0.313 e. The quantitative estimate of drug-likeness (QED) is 0.690. The Balaban J connectivity index is 2.12. The summed E-state index contributed by atoms with van der Waals surface area (Å²) in [7, 11) is 2.08. The van der Waals surface area contributed by atoms with Crippen molar-refractivity contribution in [3.63, 3.8) is 0 Å². The molecule has 1 spiro atoms. The highest BCUT2D eigenvalue weighted by atomic mass is 16.5. The molecule has 0 aromatic carbocycles. The van der Waals surface area contributed by atoms with Crippen LogP contribution in [0.5, 0.6) is 0 Å². The molecule has 0 aliphatic carbocycles. The summed E-state index contributed by atoms with van der Waals surface area (Å²) in [5, 5.41) is 0. The van der Waals surface area contributed by atoms with E-state index in [1.54, 1.807) is 0 Å². The molecule has 0 aromatic rings. The number of ether oxygens (including phenoxy) is 2. The third-order valence-corrected chi connectivity index (χ3v) is 3.93. The molecule has 5 nitrogen and oxygen atoms in total. The fourth-order valence-corrected chi connectivity index (χ4v) is 2.91. The molecule has 2 aliphatic heterocycles. The van der Waals surface area contributed by atoms with Gasteiger partial charge >= 0.3 is 5.97 Å². The average Bonchev–Trinajstić information content (AvgIpc) is 2.61. The number of piperidine rings is 1. The first-order valence-electron chi connectivity index (χ1n) is 6.34. The van der Waals surface area contributed by atoms with Crippen molar-refractivity contribution in [1.82, 2.24) is 4.90 Å². The van der Waals surface area contributed by atoms with E-state index in [1.165, 1.54) is 0 Å². The zero-order chi connectivity index (χ0) is 12.5. The van der Waals surface area contributed by atoms with Crippen LogP contribution >= 0.6 is 0 Å². The Labute approximate surface area is 102 Å². The van der Waals surface area contributed by atoms with Crippen molar-refractivity contribution in [2.45, 2.75) is 31.4 Å². The number of rotatable bonds is 2. The van der Waals surface area contributed by atoms with Crippen molar-refractivity contribution < 1.29 is 14.3 Å². The van der Waals surface area contributed by atoms with E-state index in [-0.39, 0.29) is 23.5 Å². The van der Waals surface area contributed by atoms with E-state index in [1.807, 2.05) is 6.92 Å². The van der Waals surface area contributed by atoms with Crippen LogP contribution in [0.2, 0.25) is 0 Å². The standard InChI is InChI=1S/C12H22N2O3/c1-3-16-11(15)10-9(13)8-17-12(10)4-6-14(2)7-5-12/h9-10H,3-8,13H2,1-2H3. The van der Waals surface area contributed by atoms with Gasteiger partial charge < -0.3 is 20.1 Å². The first kappa shape index (κ1) is 12.8. The third-order valence-electron chi connectivity index (χ3n) is 3.93. The van der Waals surface area contributed by atoms with Gasteiger partial charge in [-0.05, 0) is 26.8 Å². The number of carbonyl (C=O) groups excluding carboxylic acids is 1. The molecule has 98 valence electrons. The van der Waals surface area contributed by atoms with Crippen molar-refractivity contribution in [2.75, 3.05) is 33.4 Å². The van der Waals surface area contributed by atoms with Gasteiger partial charge in [0.1, 0.15) is 5.92 Å². The normalized spacial score (nSPS) is 32.9. The molecule has 0 radical (unpaired) electrons. The van der Waals surface area contributed by atoms with Gasteiger partial charge in [0.25, 0.3) is 0 Å². The van der Waals surface area contributed by atoms with Crippen molar-refractivity contribution in [3.8, 4) is 0 Å². The summed E-state index contributed by atoms with van der Waals surface area (Å²) in [6, 6.07) is -0.225. The van der Waals surface area contributed by atoms with Crippen LogP contribution in [0.1, 0.15) is 19.8 Å². The number of hydrogen-bond donors (Lipinski definition) is 1. The number of hydrogen-bond acceptors (Lipinski definition) is 5. The predicted octanol–water partition coefficient (Wildman–Crippen LogP) is -0.0124. The third kappa shape index (κ3) is 2.32. The van der Waals surface area contributed by atoms with Crippen LogP contribution < -0.4 is 5.73 Å². The molecule has 17 heavy (non-hydrogen) atoms. The van der Waals surface area contributed by atoms with E-state index in [9.17, 15) is 4.79 Å². The van der Waals surface area contributed by atoms with Crippen LogP contribution in [0.15, 0.2) is 0 Å². The Morgan fingerprint density at radius 3 is 2.76 bits per heavy atom. The largest absolute Gasteiger partial charge is 0.466 e. The Kier molecular flexibility index (Phi) is 3.70. The zero-order valence-corrected chi connectivity index (χ0v) is 10.6. The Morgan fingerprint density at radius 1 is 1.53 bits per heavy atom. The van der Waals surface area contributed by atoms with Gasteiger partial charge in [-0.3, -0.25) is 4.79 Å². The SMILES string of the molecule is CCOC(=O)C1C(N)COC12CCN(C)CC2. The number of nitrogens with two attached hydrogens (primary N) is 1. The van der Waals surface area contributed by atoms with Crippen molar-refractivity contribution in [1.29, 1.82) is 0 Å². The van der Waals surface area contributed by atoms with Crippen LogP contribution in [0.3, 0.4) is 0 Å². The first-order valence-corrected chi connectivity index (χ1v) is 6.34. The molecule has 2 fully saturated rings. The lowest BCUT2D eigenvalue weighted by Gasteiger charge is -2.40. The Hall–Kier alpha value is -0.650. The smallest absolute Gasteiger partial charge is 0.313 e. The second-order valence-corrected chi connectivity index (χ2v) is 5.07. The van der Waals surface area contributed by atoms with Crippen LogP contribution in [0, 0.1) is 5.92 Å². The van der Waals surface area contributed by atoms with Crippen LogP contribution in [0.25, 0.3) is 0 Å². The van der Waals surface area contributed by atoms with E-state index in [2.05, 4.69) is 11.9 Å². The highest BCUT2D eigenvalue weighted by Gasteiger charge is 2.53. The maximum absolute atomic E-state index is 12.0. The summed E-state index contributed by atoms with van der Waals surface area (Å²) >= 11 is 0.